The van der Waals surface area contributed by atoms with Gasteiger partial charge in [0.25, 0.3) is 0 Å². The van der Waals surface area contributed by atoms with Crippen LogP contribution in [0, 0.1) is 0 Å². The number of hydrogen-bond donors (Lipinski definition) is 0. The van der Waals surface area contributed by atoms with Crippen LogP contribution in [-0.2, 0) is 11.3 Å². The Balaban J connectivity index is 1.68. The molecule has 140 valence electrons. The largest absolute Gasteiger partial charge is 0.444 e. The monoisotopic (exact) mass is 355 g/mol. The molecule has 3 heterocycles. The van der Waals surface area contributed by atoms with E-state index in [1.165, 1.54) is 16.6 Å². The third-order valence-corrected chi connectivity index (χ3v) is 5.57. The first-order valence-electron chi connectivity index (χ1n) is 9.82. The van der Waals surface area contributed by atoms with Crippen molar-refractivity contribution in [3.63, 3.8) is 0 Å². The molecule has 0 spiro atoms. The summed E-state index contributed by atoms with van der Waals surface area (Å²) in [5.41, 5.74) is 4.65. The van der Waals surface area contributed by atoms with Crippen molar-refractivity contribution in [2.24, 2.45) is 0 Å². The summed E-state index contributed by atoms with van der Waals surface area (Å²) in [5.74, 6) is 0.780. The second-order valence-electron chi connectivity index (χ2n) is 8.76. The molecule has 2 aliphatic heterocycles. The molecule has 5 heteroatoms. The molecule has 0 N–H and O–H groups in total. The van der Waals surface area contributed by atoms with Gasteiger partial charge in [0.2, 0.25) is 0 Å². The maximum atomic E-state index is 12.6. The molecule has 5 nitrogen and oxygen atoms in total. The van der Waals surface area contributed by atoms with Crippen LogP contribution in [0.3, 0.4) is 0 Å². The van der Waals surface area contributed by atoms with Gasteiger partial charge in [-0.25, -0.2) is 9.78 Å². The zero-order valence-electron chi connectivity index (χ0n) is 16.3. The fourth-order valence-electron chi connectivity index (χ4n) is 4.44. The Labute approximate surface area is 155 Å². The van der Waals surface area contributed by atoms with Crippen molar-refractivity contribution in [1.82, 2.24) is 14.5 Å². The van der Waals surface area contributed by atoms with Gasteiger partial charge in [0.15, 0.2) is 0 Å². The van der Waals surface area contributed by atoms with Crippen molar-refractivity contribution in [2.75, 3.05) is 13.1 Å². The Bertz CT molecular complexity index is 834. The molecular weight excluding hydrogens is 326 g/mol. The number of amides is 1. The number of fused-ring (bicyclic) bond motifs is 4. The summed E-state index contributed by atoms with van der Waals surface area (Å²) in [6.45, 7) is 10.5. The normalized spacial score (nSPS) is 22.4. The van der Waals surface area contributed by atoms with Crippen molar-refractivity contribution >= 4 is 17.1 Å². The summed E-state index contributed by atoms with van der Waals surface area (Å²) in [6, 6.07) is 4.61. The molecule has 1 aromatic carbocycles. The molecule has 2 aromatic rings. The molecule has 1 aromatic heterocycles. The molecule has 3 aliphatic rings. The van der Waals surface area contributed by atoms with Gasteiger partial charge < -0.3 is 14.2 Å². The molecule has 26 heavy (non-hydrogen) atoms. The van der Waals surface area contributed by atoms with E-state index in [2.05, 4.69) is 28.6 Å². The van der Waals surface area contributed by atoms with Gasteiger partial charge in [0.1, 0.15) is 5.60 Å². The highest BCUT2D eigenvalue weighted by molar-refractivity contribution is 5.78. The predicted molar refractivity (Wildman–Crippen MR) is 103 cm³/mol. The number of aryl methyl sites for hydroxylation is 1. The Kier molecular flexibility index (Phi) is 4.20. The molecule has 2 unspecified atom stereocenters. The zero-order valence-corrected chi connectivity index (χ0v) is 16.3. The van der Waals surface area contributed by atoms with E-state index in [1.54, 1.807) is 0 Å². The number of rotatable bonds is 2. The van der Waals surface area contributed by atoms with Crippen LogP contribution < -0.4 is 0 Å². The first kappa shape index (κ1) is 17.4. The van der Waals surface area contributed by atoms with Crippen LogP contribution in [0.4, 0.5) is 4.79 Å². The average Bonchev–Trinajstić information content (AvgIpc) is 2.76. The van der Waals surface area contributed by atoms with Crippen LogP contribution in [0.25, 0.3) is 11.0 Å². The molecule has 2 bridgehead atoms. The minimum absolute atomic E-state index is 0.180. The highest BCUT2D eigenvalue weighted by Gasteiger charge is 2.37. The molecular formula is C21H29N3O2. The number of carbonyl (C=O) groups excluding carboxylic acids is 1. The van der Waals surface area contributed by atoms with E-state index in [4.69, 9.17) is 4.74 Å². The molecule has 2 atom stereocenters. The van der Waals surface area contributed by atoms with Crippen LogP contribution in [0.1, 0.15) is 69.9 Å². The first-order valence-corrected chi connectivity index (χ1v) is 9.82. The van der Waals surface area contributed by atoms with E-state index < -0.39 is 5.60 Å². The lowest BCUT2D eigenvalue weighted by Crippen LogP contribution is -2.38. The van der Waals surface area contributed by atoms with E-state index >= 15 is 0 Å². The Morgan fingerprint density at radius 1 is 1.19 bits per heavy atom. The van der Waals surface area contributed by atoms with Gasteiger partial charge in [-0.3, -0.25) is 0 Å². The molecule has 0 radical (unpaired) electrons. The molecule has 0 saturated carbocycles. The van der Waals surface area contributed by atoms with Crippen molar-refractivity contribution in [2.45, 2.75) is 70.9 Å². The number of hydrogen-bond acceptors (Lipinski definition) is 3. The minimum Gasteiger partial charge on any atom is -0.444 e. The lowest BCUT2D eigenvalue weighted by molar-refractivity contribution is 0.0246. The Morgan fingerprint density at radius 2 is 1.85 bits per heavy atom. The summed E-state index contributed by atoms with van der Waals surface area (Å²) in [7, 11) is 0. The fraction of sp³-hybridized carbons (Fsp3) is 0.619. The van der Waals surface area contributed by atoms with Crippen molar-refractivity contribution in [3.05, 3.63) is 29.6 Å². The summed E-state index contributed by atoms with van der Waals surface area (Å²) in [4.78, 5) is 19.2. The number of ether oxygens (including phenoxy) is 1. The standard InChI is InChI=1S/C21H29N3O2/c1-5-8-23-13-22-18-9-16-14-6-7-15(17(16)10-19(18)23)12-24(11-14)20(25)26-21(2,3)4/h9-10,13-15H,5-8,11-12H2,1-4H3. The third kappa shape index (κ3) is 3.08. The first-order chi connectivity index (χ1) is 12.4. The van der Waals surface area contributed by atoms with Gasteiger partial charge in [0.05, 0.1) is 17.4 Å². The maximum Gasteiger partial charge on any atom is 0.410 e. The number of aromatic nitrogens is 2. The van der Waals surface area contributed by atoms with Gasteiger partial charge in [-0.2, -0.15) is 0 Å². The van der Waals surface area contributed by atoms with Crippen LogP contribution in [0.5, 0.6) is 0 Å². The van der Waals surface area contributed by atoms with E-state index in [1.807, 2.05) is 32.0 Å². The predicted octanol–water partition coefficient (Wildman–Crippen LogP) is 4.66. The molecule has 1 saturated heterocycles. The van der Waals surface area contributed by atoms with Gasteiger partial charge in [0, 0.05) is 31.5 Å². The highest BCUT2D eigenvalue weighted by Crippen LogP contribution is 2.44. The topological polar surface area (TPSA) is 47.4 Å². The lowest BCUT2D eigenvalue weighted by Gasteiger charge is -2.27. The quantitative estimate of drug-likeness (QED) is 0.787. The Morgan fingerprint density at radius 3 is 2.46 bits per heavy atom. The number of nitrogens with zero attached hydrogens (tertiary/aromatic N) is 3. The van der Waals surface area contributed by atoms with E-state index in [-0.39, 0.29) is 6.09 Å². The minimum atomic E-state index is -0.453. The number of carbonyl (C=O) groups is 1. The van der Waals surface area contributed by atoms with Crippen LogP contribution in [-0.4, -0.2) is 39.2 Å². The van der Waals surface area contributed by atoms with Gasteiger partial charge >= 0.3 is 6.09 Å². The summed E-state index contributed by atoms with van der Waals surface area (Å²) >= 11 is 0. The number of benzene rings is 1. The van der Waals surface area contributed by atoms with Gasteiger partial charge in [-0.05, 0) is 63.3 Å². The third-order valence-electron chi connectivity index (χ3n) is 5.57. The second-order valence-corrected chi connectivity index (χ2v) is 8.76. The number of imidazole rings is 1. The summed E-state index contributed by atoms with van der Waals surface area (Å²) in [6.07, 6.45) is 5.16. The second kappa shape index (κ2) is 6.29. The molecule has 1 amide bonds. The van der Waals surface area contributed by atoms with Gasteiger partial charge in [-0.1, -0.05) is 6.92 Å². The van der Waals surface area contributed by atoms with Crippen LogP contribution >= 0.6 is 0 Å². The maximum absolute atomic E-state index is 12.6. The highest BCUT2D eigenvalue weighted by atomic mass is 16.6. The summed E-state index contributed by atoms with van der Waals surface area (Å²) in [5, 5.41) is 0. The SMILES string of the molecule is CCCn1cnc2cc3c(cc21)C1CCC3CN(C(=O)OC(C)(C)C)C1. The van der Waals surface area contributed by atoms with E-state index in [9.17, 15) is 4.79 Å². The molecule has 5 rings (SSSR count). The van der Waals surface area contributed by atoms with E-state index in [0.717, 1.165) is 44.4 Å². The van der Waals surface area contributed by atoms with Crippen molar-refractivity contribution in [3.8, 4) is 0 Å². The summed E-state index contributed by atoms with van der Waals surface area (Å²) < 4.78 is 7.89. The lowest BCUT2D eigenvalue weighted by atomic mass is 9.78. The smallest absolute Gasteiger partial charge is 0.410 e. The molecule has 1 fully saturated rings. The fourth-order valence-corrected chi connectivity index (χ4v) is 4.44. The van der Waals surface area contributed by atoms with E-state index in [0.29, 0.717) is 11.8 Å². The zero-order chi connectivity index (χ0) is 18.5. The molecule has 1 aliphatic carbocycles. The Hall–Kier alpha value is -2.04. The average molecular weight is 355 g/mol. The van der Waals surface area contributed by atoms with Crippen LogP contribution in [0.2, 0.25) is 0 Å². The van der Waals surface area contributed by atoms with Gasteiger partial charge in [-0.15, -0.1) is 0 Å². The van der Waals surface area contributed by atoms with Crippen LogP contribution in [0.15, 0.2) is 18.5 Å². The van der Waals surface area contributed by atoms with Crippen molar-refractivity contribution < 1.29 is 9.53 Å². The van der Waals surface area contributed by atoms with Crippen molar-refractivity contribution in [1.29, 1.82) is 0 Å².